The third-order valence-corrected chi connectivity index (χ3v) is 6.91. The van der Waals surface area contributed by atoms with Crippen LogP contribution in [0.2, 0.25) is 0 Å². The summed E-state index contributed by atoms with van der Waals surface area (Å²) in [5, 5.41) is 0. The number of ether oxygens (including phenoxy) is 7. The Morgan fingerprint density at radius 3 is 0.930 bits per heavy atom. The summed E-state index contributed by atoms with van der Waals surface area (Å²) in [5.41, 5.74) is 0. The fraction of sp³-hybridized carbons (Fsp3) is 0.941. The number of hydrogen-bond acceptors (Lipinski definition) is 9. The van der Waals surface area contributed by atoms with Crippen LogP contribution < -0.4 is 0 Å². The molecule has 0 aromatic heterocycles. The predicted octanol–water partition coefficient (Wildman–Crippen LogP) is 7.22. The number of hydrogen-bond donors (Lipinski definition) is 0. The van der Waals surface area contributed by atoms with Crippen molar-refractivity contribution in [2.24, 2.45) is 0 Å². The summed E-state index contributed by atoms with van der Waals surface area (Å²) >= 11 is 0. The lowest BCUT2D eigenvalue weighted by Crippen LogP contribution is -2.15. The van der Waals surface area contributed by atoms with Crippen LogP contribution in [-0.2, 0) is 42.7 Å². The third-order valence-electron chi connectivity index (χ3n) is 6.91. The fourth-order valence-electron chi connectivity index (χ4n) is 4.40. The minimum absolute atomic E-state index is 0.131. The van der Waals surface area contributed by atoms with Crippen LogP contribution in [0.3, 0.4) is 0 Å². The molecule has 0 amide bonds. The highest BCUT2D eigenvalue weighted by molar-refractivity contribution is 5.69. The third kappa shape index (κ3) is 36.8. The van der Waals surface area contributed by atoms with Gasteiger partial charge in [0.25, 0.3) is 0 Å². The highest BCUT2D eigenvalue weighted by atomic mass is 16.6. The van der Waals surface area contributed by atoms with Gasteiger partial charge in [0, 0.05) is 12.8 Å². The normalized spacial score (nSPS) is 11.2. The molecule has 0 radical (unpaired) electrons. The van der Waals surface area contributed by atoms with Crippen molar-refractivity contribution in [2.75, 3.05) is 79.3 Å². The van der Waals surface area contributed by atoms with Crippen LogP contribution in [-0.4, -0.2) is 91.2 Å². The molecule has 0 saturated carbocycles. The molecule has 0 N–H and O–H groups in total. The summed E-state index contributed by atoms with van der Waals surface area (Å²) in [4.78, 5) is 23.0. The molecule has 0 aliphatic rings. The molecule has 0 heterocycles. The van der Waals surface area contributed by atoms with Crippen LogP contribution in [0.4, 0.5) is 0 Å². The Hall–Kier alpha value is -1.26. The van der Waals surface area contributed by atoms with E-state index in [4.69, 9.17) is 33.2 Å². The van der Waals surface area contributed by atoms with E-state index in [1.807, 2.05) is 6.92 Å². The highest BCUT2D eigenvalue weighted by Gasteiger charge is 2.03. The lowest BCUT2D eigenvalue weighted by atomic mass is 10.0. The van der Waals surface area contributed by atoms with Crippen LogP contribution in [0.1, 0.15) is 129 Å². The molecular formula is C34H66O9. The molecule has 0 fully saturated rings. The van der Waals surface area contributed by atoms with Gasteiger partial charge in [0.1, 0.15) is 13.2 Å². The SMILES string of the molecule is CCCCCCCCCCCCCCCCCC(=O)OCCOCCOCCOCCOCCOCCOC(=O)CCC. The molecule has 9 heteroatoms. The lowest BCUT2D eigenvalue weighted by molar-refractivity contribution is -0.146. The van der Waals surface area contributed by atoms with Gasteiger partial charge >= 0.3 is 11.9 Å². The van der Waals surface area contributed by atoms with Gasteiger partial charge in [-0.15, -0.1) is 0 Å². The van der Waals surface area contributed by atoms with Crippen molar-refractivity contribution in [1.82, 2.24) is 0 Å². The summed E-state index contributed by atoms with van der Waals surface area (Å²) in [5.74, 6) is -0.317. The van der Waals surface area contributed by atoms with Gasteiger partial charge in [0.15, 0.2) is 0 Å². The second-order valence-electron chi connectivity index (χ2n) is 11.0. The smallest absolute Gasteiger partial charge is 0.305 e. The Kier molecular flexibility index (Phi) is 35.8. The minimum Gasteiger partial charge on any atom is -0.463 e. The van der Waals surface area contributed by atoms with Crippen LogP contribution >= 0.6 is 0 Å². The molecule has 9 nitrogen and oxygen atoms in total. The Morgan fingerprint density at radius 2 is 0.605 bits per heavy atom. The van der Waals surface area contributed by atoms with E-state index in [-0.39, 0.29) is 25.2 Å². The summed E-state index contributed by atoms with van der Waals surface area (Å²) in [6.45, 7) is 9.32. The maximum absolute atomic E-state index is 11.8. The van der Waals surface area contributed by atoms with Gasteiger partial charge in [-0.25, -0.2) is 0 Å². The van der Waals surface area contributed by atoms with Gasteiger partial charge in [-0.1, -0.05) is 104 Å². The molecule has 0 spiro atoms. The van der Waals surface area contributed by atoms with Crippen molar-refractivity contribution < 1.29 is 42.7 Å². The Labute approximate surface area is 263 Å². The first-order valence-corrected chi connectivity index (χ1v) is 17.4. The van der Waals surface area contributed by atoms with Crippen LogP contribution in [0.15, 0.2) is 0 Å². The highest BCUT2D eigenvalue weighted by Crippen LogP contribution is 2.13. The zero-order valence-electron chi connectivity index (χ0n) is 27.9. The van der Waals surface area contributed by atoms with E-state index in [0.717, 1.165) is 19.3 Å². The first-order chi connectivity index (χ1) is 21.2. The van der Waals surface area contributed by atoms with E-state index >= 15 is 0 Å². The van der Waals surface area contributed by atoms with Crippen molar-refractivity contribution in [3.63, 3.8) is 0 Å². The lowest BCUT2D eigenvalue weighted by Gasteiger charge is -2.08. The van der Waals surface area contributed by atoms with E-state index in [9.17, 15) is 9.59 Å². The van der Waals surface area contributed by atoms with E-state index in [1.165, 1.54) is 83.5 Å². The van der Waals surface area contributed by atoms with Crippen molar-refractivity contribution >= 4 is 11.9 Å². The van der Waals surface area contributed by atoms with E-state index < -0.39 is 0 Å². The Morgan fingerprint density at radius 1 is 0.326 bits per heavy atom. The topological polar surface area (TPSA) is 98.8 Å². The van der Waals surface area contributed by atoms with E-state index in [0.29, 0.717) is 78.9 Å². The molecule has 0 aromatic rings. The molecule has 0 atom stereocenters. The van der Waals surface area contributed by atoms with Gasteiger partial charge in [0.2, 0.25) is 0 Å². The minimum atomic E-state index is -0.186. The zero-order chi connectivity index (χ0) is 31.3. The van der Waals surface area contributed by atoms with E-state index in [2.05, 4.69) is 6.92 Å². The summed E-state index contributed by atoms with van der Waals surface area (Å²) in [7, 11) is 0. The molecule has 43 heavy (non-hydrogen) atoms. The van der Waals surface area contributed by atoms with Gasteiger partial charge in [0.05, 0.1) is 66.1 Å². The fourth-order valence-corrected chi connectivity index (χ4v) is 4.40. The summed E-state index contributed by atoms with van der Waals surface area (Å²) in [6.07, 6.45) is 21.5. The van der Waals surface area contributed by atoms with E-state index in [1.54, 1.807) is 0 Å². The average molecular weight is 619 g/mol. The molecule has 0 saturated heterocycles. The van der Waals surface area contributed by atoms with Crippen LogP contribution in [0.5, 0.6) is 0 Å². The maximum Gasteiger partial charge on any atom is 0.305 e. The summed E-state index contributed by atoms with van der Waals surface area (Å²) in [6, 6.07) is 0. The van der Waals surface area contributed by atoms with Crippen molar-refractivity contribution in [3.8, 4) is 0 Å². The van der Waals surface area contributed by atoms with Crippen molar-refractivity contribution in [1.29, 1.82) is 0 Å². The zero-order valence-corrected chi connectivity index (χ0v) is 27.9. The van der Waals surface area contributed by atoms with Crippen LogP contribution in [0, 0.1) is 0 Å². The molecule has 0 bridgehead atoms. The molecule has 0 rings (SSSR count). The second kappa shape index (κ2) is 36.9. The molecule has 0 aliphatic heterocycles. The number of unbranched alkanes of at least 4 members (excludes halogenated alkanes) is 14. The molecule has 0 aromatic carbocycles. The first kappa shape index (κ1) is 41.7. The van der Waals surface area contributed by atoms with Crippen molar-refractivity contribution in [3.05, 3.63) is 0 Å². The molecule has 0 unspecified atom stereocenters. The number of rotatable bonds is 36. The van der Waals surface area contributed by atoms with Crippen molar-refractivity contribution in [2.45, 2.75) is 129 Å². The number of esters is 2. The average Bonchev–Trinajstić information content (AvgIpc) is 3.00. The molecular weight excluding hydrogens is 552 g/mol. The monoisotopic (exact) mass is 618 g/mol. The molecule has 256 valence electrons. The summed E-state index contributed by atoms with van der Waals surface area (Å²) < 4.78 is 37.3. The Balaban J connectivity index is 3.16. The van der Waals surface area contributed by atoms with Gasteiger partial charge in [-0.2, -0.15) is 0 Å². The van der Waals surface area contributed by atoms with Gasteiger partial charge in [-0.05, 0) is 12.8 Å². The van der Waals surface area contributed by atoms with Gasteiger partial charge in [-0.3, -0.25) is 9.59 Å². The van der Waals surface area contributed by atoms with Gasteiger partial charge < -0.3 is 33.2 Å². The quantitative estimate of drug-likeness (QED) is 0.0532. The second-order valence-corrected chi connectivity index (χ2v) is 11.0. The predicted molar refractivity (Wildman–Crippen MR) is 170 cm³/mol. The number of carbonyl (C=O) groups excluding carboxylic acids is 2. The largest absolute Gasteiger partial charge is 0.463 e. The first-order valence-electron chi connectivity index (χ1n) is 17.4. The molecule has 0 aliphatic carbocycles. The maximum atomic E-state index is 11.8. The number of carbonyl (C=O) groups is 2. The Bertz CT molecular complexity index is 574. The standard InChI is InChI=1S/C34H66O9/c1-3-5-6-7-8-9-10-11-12-13-14-15-16-17-18-20-34(36)43-32-30-41-28-26-39-24-22-37-21-23-38-25-27-40-29-31-42-33(35)19-4-2/h3-32H2,1-2H3. The van der Waals surface area contributed by atoms with Crippen LogP contribution in [0.25, 0.3) is 0 Å².